The number of hydrogen-bond donors (Lipinski definition) is 1. The van der Waals surface area contributed by atoms with Gasteiger partial charge in [0.1, 0.15) is 5.75 Å². The predicted molar refractivity (Wildman–Crippen MR) is 76.6 cm³/mol. The smallest absolute Gasteiger partial charge is 0.240 e. The third-order valence-corrected chi connectivity index (χ3v) is 3.18. The Balaban J connectivity index is 2.29. The van der Waals surface area contributed by atoms with Crippen LogP contribution in [0.25, 0.3) is 17.0 Å². The Morgan fingerprint density at radius 3 is 2.90 bits per heavy atom. The first kappa shape index (κ1) is 12.4. The van der Waals surface area contributed by atoms with Crippen LogP contribution in [0.5, 0.6) is 5.75 Å². The minimum Gasteiger partial charge on any atom is -0.496 e. The van der Waals surface area contributed by atoms with E-state index < -0.39 is 0 Å². The van der Waals surface area contributed by atoms with Crippen molar-refractivity contribution in [3.8, 4) is 17.1 Å². The van der Waals surface area contributed by atoms with E-state index in [0.717, 1.165) is 17.7 Å². The summed E-state index contributed by atoms with van der Waals surface area (Å²) in [4.78, 5) is 8.55. The van der Waals surface area contributed by atoms with Gasteiger partial charge in [-0.05, 0) is 24.1 Å². The van der Waals surface area contributed by atoms with Gasteiger partial charge in [0.2, 0.25) is 5.95 Å². The zero-order chi connectivity index (χ0) is 14.1. The number of hydrogen-bond acceptors (Lipinski definition) is 5. The van der Waals surface area contributed by atoms with Gasteiger partial charge in [0.25, 0.3) is 0 Å². The largest absolute Gasteiger partial charge is 0.496 e. The van der Waals surface area contributed by atoms with Gasteiger partial charge in [0.15, 0.2) is 11.5 Å². The molecule has 0 bridgehead atoms. The lowest BCUT2D eigenvalue weighted by Gasteiger charge is -2.10. The molecule has 0 fully saturated rings. The summed E-state index contributed by atoms with van der Waals surface area (Å²) in [7, 11) is 1.64. The molecular weight excluding hydrogens is 254 g/mol. The fourth-order valence-electron chi connectivity index (χ4n) is 2.17. The van der Waals surface area contributed by atoms with E-state index in [2.05, 4.69) is 28.1 Å². The SMILES string of the molecule is CCc1ccc(OC)c(-c2nccc3nc(N)nn23)c1. The van der Waals surface area contributed by atoms with Crippen LogP contribution in [0, 0.1) is 0 Å². The molecule has 6 nitrogen and oxygen atoms in total. The first-order valence-corrected chi connectivity index (χ1v) is 6.37. The average Bonchev–Trinajstić information content (AvgIpc) is 2.86. The van der Waals surface area contributed by atoms with Crippen molar-refractivity contribution >= 4 is 11.6 Å². The quantitative estimate of drug-likeness (QED) is 0.786. The number of nitrogen functional groups attached to an aromatic ring is 1. The monoisotopic (exact) mass is 269 g/mol. The lowest BCUT2D eigenvalue weighted by Crippen LogP contribution is -2.00. The molecule has 0 atom stereocenters. The molecule has 20 heavy (non-hydrogen) atoms. The van der Waals surface area contributed by atoms with E-state index in [0.29, 0.717) is 11.5 Å². The third kappa shape index (κ3) is 1.95. The van der Waals surface area contributed by atoms with E-state index in [-0.39, 0.29) is 5.95 Å². The summed E-state index contributed by atoms with van der Waals surface area (Å²) in [5, 5.41) is 4.19. The molecule has 2 N–H and O–H groups in total. The van der Waals surface area contributed by atoms with Crippen molar-refractivity contribution in [3.05, 3.63) is 36.0 Å². The predicted octanol–water partition coefficient (Wildman–Crippen LogP) is 1.94. The van der Waals surface area contributed by atoms with Crippen LogP contribution in [-0.4, -0.2) is 26.7 Å². The van der Waals surface area contributed by atoms with E-state index in [1.807, 2.05) is 12.1 Å². The van der Waals surface area contributed by atoms with Crippen molar-refractivity contribution < 1.29 is 4.74 Å². The van der Waals surface area contributed by atoms with Crippen LogP contribution in [0.2, 0.25) is 0 Å². The highest BCUT2D eigenvalue weighted by Crippen LogP contribution is 2.29. The van der Waals surface area contributed by atoms with Crippen LogP contribution >= 0.6 is 0 Å². The standard InChI is InChI=1S/C14H15N5O/c1-3-9-4-5-11(20-2)10(8-9)13-16-7-6-12-17-14(15)18-19(12)13/h4-8H,3H2,1-2H3,(H2,15,18). The Morgan fingerprint density at radius 1 is 1.30 bits per heavy atom. The zero-order valence-corrected chi connectivity index (χ0v) is 11.4. The summed E-state index contributed by atoms with van der Waals surface area (Å²) >= 11 is 0. The van der Waals surface area contributed by atoms with Crippen LogP contribution in [0.4, 0.5) is 5.95 Å². The molecule has 3 aromatic rings. The van der Waals surface area contributed by atoms with Gasteiger partial charge in [-0.15, -0.1) is 5.10 Å². The lowest BCUT2D eigenvalue weighted by molar-refractivity contribution is 0.416. The van der Waals surface area contributed by atoms with Gasteiger partial charge < -0.3 is 10.5 Å². The van der Waals surface area contributed by atoms with Crippen LogP contribution in [0.15, 0.2) is 30.5 Å². The number of methoxy groups -OCH3 is 1. The molecule has 0 radical (unpaired) electrons. The second-order valence-electron chi connectivity index (χ2n) is 4.40. The maximum atomic E-state index is 5.66. The van der Waals surface area contributed by atoms with Crippen LogP contribution in [0.1, 0.15) is 12.5 Å². The zero-order valence-electron chi connectivity index (χ0n) is 11.4. The Hall–Kier alpha value is -2.63. The molecule has 6 heteroatoms. The number of aromatic nitrogens is 4. The number of rotatable bonds is 3. The highest BCUT2D eigenvalue weighted by molar-refractivity contribution is 5.67. The number of anilines is 1. The molecule has 0 aliphatic heterocycles. The fraction of sp³-hybridized carbons (Fsp3) is 0.214. The van der Waals surface area contributed by atoms with E-state index in [1.54, 1.807) is 23.9 Å². The molecule has 0 spiro atoms. The molecule has 0 amide bonds. The molecule has 1 aromatic carbocycles. The van der Waals surface area contributed by atoms with Gasteiger partial charge in [0, 0.05) is 12.3 Å². The average molecular weight is 269 g/mol. The molecule has 0 unspecified atom stereocenters. The summed E-state index contributed by atoms with van der Waals surface area (Å²) < 4.78 is 7.05. The molecule has 0 aliphatic carbocycles. The molecule has 0 saturated carbocycles. The van der Waals surface area contributed by atoms with Crippen molar-refractivity contribution in [1.29, 1.82) is 0 Å². The fourth-order valence-corrected chi connectivity index (χ4v) is 2.17. The number of fused-ring (bicyclic) bond motifs is 1. The maximum absolute atomic E-state index is 5.66. The van der Waals surface area contributed by atoms with Crippen LogP contribution in [0.3, 0.4) is 0 Å². The molecule has 0 aliphatic rings. The lowest BCUT2D eigenvalue weighted by atomic mass is 10.1. The van der Waals surface area contributed by atoms with Crippen molar-refractivity contribution in [2.24, 2.45) is 0 Å². The summed E-state index contributed by atoms with van der Waals surface area (Å²) in [6, 6.07) is 7.80. The Kier molecular flexibility index (Phi) is 2.98. The van der Waals surface area contributed by atoms with E-state index in [9.17, 15) is 0 Å². The van der Waals surface area contributed by atoms with Gasteiger partial charge >= 0.3 is 0 Å². The van der Waals surface area contributed by atoms with E-state index >= 15 is 0 Å². The van der Waals surface area contributed by atoms with Gasteiger partial charge in [-0.1, -0.05) is 13.0 Å². The maximum Gasteiger partial charge on any atom is 0.240 e. The topological polar surface area (TPSA) is 78.3 Å². The second kappa shape index (κ2) is 4.80. The normalized spacial score (nSPS) is 10.9. The Labute approximate surface area is 116 Å². The third-order valence-electron chi connectivity index (χ3n) is 3.18. The van der Waals surface area contributed by atoms with Crippen molar-refractivity contribution in [3.63, 3.8) is 0 Å². The highest BCUT2D eigenvalue weighted by Gasteiger charge is 2.13. The highest BCUT2D eigenvalue weighted by atomic mass is 16.5. The first-order chi connectivity index (χ1) is 9.72. The molecule has 102 valence electrons. The molecule has 2 aromatic heterocycles. The van der Waals surface area contributed by atoms with Crippen molar-refractivity contribution in [1.82, 2.24) is 19.6 Å². The minimum absolute atomic E-state index is 0.227. The van der Waals surface area contributed by atoms with Gasteiger partial charge in [0.05, 0.1) is 12.7 Å². The molecule has 0 saturated heterocycles. The summed E-state index contributed by atoms with van der Waals surface area (Å²) in [5.41, 5.74) is 8.40. The van der Waals surface area contributed by atoms with Gasteiger partial charge in [-0.25, -0.2) is 4.98 Å². The minimum atomic E-state index is 0.227. The molecular formula is C14H15N5O. The molecule has 3 rings (SSSR count). The van der Waals surface area contributed by atoms with E-state index in [4.69, 9.17) is 10.5 Å². The Morgan fingerprint density at radius 2 is 2.15 bits per heavy atom. The van der Waals surface area contributed by atoms with Crippen LogP contribution in [-0.2, 0) is 6.42 Å². The summed E-state index contributed by atoms with van der Waals surface area (Å²) in [6.07, 6.45) is 2.63. The number of benzene rings is 1. The van der Waals surface area contributed by atoms with Crippen molar-refractivity contribution in [2.45, 2.75) is 13.3 Å². The van der Waals surface area contributed by atoms with Gasteiger partial charge in [-0.3, -0.25) is 0 Å². The summed E-state index contributed by atoms with van der Waals surface area (Å²) in [6.45, 7) is 2.10. The van der Waals surface area contributed by atoms with Crippen molar-refractivity contribution in [2.75, 3.05) is 12.8 Å². The number of aryl methyl sites for hydroxylation is 1. The Bertz CT molecular complexity index is 765. The number of nitrogens with zero attached hydrogens (tertiary/aromatic N) is 4. The van der Waals surface area contributed by atoms with Crippen LogP contribution < -0.4 is 10.5 Å². The number of nitrogens with two attached hydrogens (primary N) is 1. The second-order valence-corrected chi connectivity index (χ2v) is 4.40. The number of ether oxygens (including phenoxy) is 1. The molecule has 2 heterocycles. The first-order valence-electron chi connectivity index (χ1n) is 6.37. The summed E-state index contributed by atoms with van der Waals surface area (Å²) in [5.74, 6) is 1.64. The van der Waals surface area contributed by atoms with E-state index in [1.165, 1.54) is 5.56 Å². The van der Waals surface area contributed by atoms with Gasteiger partial charge in [-0.2, -0.15) is 9.50 Å².